The highest BCUT2D eigenvalue weighted by atomic mass is 79.9. The average molecular weight is 256 g/mol. The maximum absolute atomic E-state index is 13.0. The van der Waals surface area contributed by atoms with Crippen LogP contribution < -0.4 is 0 Å². The van der Waals surface area contributed by atoms with Crippen LogP contribution in [0.5, 0.6) is 0 Å². The predicted molar refractivity (Wildman–Crippen MR) is 42.8 cm³/mol. The zero-order valence-corrected chi connectivity index (χ0v) is 7.85. The van der Waals surface area contributed by atoms with E-state index in [1.165, 1.54) is 0 Å². The van der Waals surface area contributed by atoms with Crippen molar-refractivity contribution in [1.29, 1.82) is 0 Å². The van der Waals surface area contributed by atoms with E-state index in [1.807, 2.05) is 0 Å². The van der Waals surface area contributed by atoms with Gasteiger partial charge in [-0.2, -0.15) is 0 Å². The van der Waals surface area contributed by atoms with Gasteiger partial charge < -0.3 is 5.11 Å². The first-order valence-electron chi connectivity index (χ1n) is 3.29. The van der Waals surface area contributed by atoms with Crippen LogP contribution in [0.1, 0.15) is 17.7 Å². The van der Waals surface area contributed by atoms with Gasteiger partial charge in [-0.1, -0.05) is 0 Å². The molecule has 1 N–H and O–H groups in total. The van der Waals surface area contributed by atoms with E-state index in [4.69, 9.17) is 5.11 Å². The zero-order valence-electron chi connectivity index (χ0n) is 6.27. The first-order chi connectivity index (χ1) is 6.07. The van der Waals surface area contributed by atoms with E-state index in [0.717, 1.165) is 6.20 Å². The van der Waals surface area contributed by atoms with Crippen LogP contribution in [-0.4, -0.2) is 10.1 Å². The van der Waals surface area contributed by atoms with E-state index in [1.54, 1.807) is 0 Å². The fraction of sp³-hybridized carbons (Fsp3) is 0.286. The first kappa shape index (κ1) is 10.5. The Morgan fingerprint density at radius 2 is 2.15 bits per heavy atom. The quantitative estimate of drug-likeness (QED) is 0.881. The van der Waals surface area contributed by atoms with Crippen molar-refractivity contribution in [2.75, 3.05) is 0 Å². The SMILES string of the molecule is OCc1ncc(C(F)F)c(Br)c1F. The monoisotopic (exact) mass is 255 g/mol. The van der Waals surface area contributed by atoms with Gasteiger partial charge in [0.05, 0.1) is 16.6 Å². The van der Waals surface area contributed by atoms with Crippen LogP contribution in [0.3, 0.4) is 0 Å². The molecule has 1 heterocycles. The summed E-state index contributed by atoms with van der Waals surface area (Å²) in [4.78, 5) is 3.34. The van der Waals surface area contributed by atoms with Gasteiger partial charge in [-0.25, -0.2) is 13.2 Å². The summed E-state index contributed by atoms with van der Waals surface area (Å²) in [5, 5.41) is 8.56. The van der Waals surface area contributed by atoms with Crippen LogP contribution in [0.2, 0.25) is 0 Å². The molecule has 0 atom stereocenters. The van der Waals surface area contributed by atoms with Crippen molar-refractivity contribution >= 4 is 15.9 Å². The maximum Gasteiger partial charge on any atom is 0.266 e. The molecule has 1 aromatic heterocycles. The third-order valence-corrected chi connectivity index (χ3v) is 2.25. The molecule has 1 rings (SSSR count). The highest BCUT2D eigenvalue weighted by Gasteiger charge is 2.18. The highest BCUT2D eigenvalue weighted by molar-refractivity contribution is 9.10. The summed E-state index contributed by atoms with van der Waals surface area (Å²) in [7, 11) is 0. The summed E-state index contributed by atoms with van der Waals surface area (Å²) in [5.74, 6) is -0.944. The van der Waals surface area contributed by atoms with Crippen LogP contribution in [0.4, 0.5) is 13.2 Å². The molecule has 0 saturated carbocycles. The number of alkyl halides is 2. The molecule has 0 aromatic carbocycles. The molecule has 0 amide bonds. The lowest BCUT2D eigenvalue weighted by Crippen LogP contribution is -1.99. The number of hydrogen-bond acceptors (Lipinski definition) is 2. The molecule has 0 saturated heterocycles. The second kappa shape index (κ2) is 4.06. The summed E-state index contributed by atoms with van der Waals surface area (Å²) >= 11 is 2.67. The van der Waals surface area contributed by atoms with Gasteiger partial charge in [0.25, 0.3) is 6.43 Å². The van der Waals surface area contributed by atoms with E-state index in [-0.39, 0.29) is 10.2 Å². The molecule has 0 aliphatic carbocycles. The van der Waals surface area contributed by atoms with E-state index in [0.29, 0.717) is 0 Å². The second-order valence-electron chi connectivity index (χ2n) is 2.25. The minimum atomic E-state index is -2.79. The number of halogens is 4. The molecule has 2 nitrogen and oxygen atoms in total. The average Bonchev–Trinajstić information content (AvgIpc) is 2.09. The largest absolute Gasteiger partial charge is 0.390 e. The molecule has 0 unspecified atom stereocenters. The van der Waals surface area contributed by atoms with Gasteiger partial charge in [-0.3, -0.25) is 4.98 Å². The molecule has 6 heteroatoms. The molecule has 0 spiro atoms. The van der Waals surface area contributed by atoms with Gasteiger partial charge in [0.2, 0.25) is 0 Å². The molecule has 13 heavy (non-hydrogen) atoms. The van der Waals surface area contributed by atoms with Crippen LogP contribution in [0.15, 0.2) is 10.7 Å². The maximum atomic E-state index is 13.0. The van der Waals surface area contributed by atoms with Crippen LogP contribution in [0.25, 0.3) is 0 Å². The van der Waals surface area contributed by atoms with E-state index in [9.17, 15) is 13.2 Å². The predicted octanol–water partition coefficient (Wildman–Crippen LogP) is 2.41. The molecule has 72 valence electrons. The number of hydrogen-bond donors (Lipinski definition) is 1. The van der Waals surface area contributed by atoms with Gasteiger partial charge in [0, 0.05) is 6.20 Å². The zero-order chi connectivity index (χ0) is 10.0. The topological polar surface area (TPSA) is 33.1 Å². The first-order valence-corrected chi connectivity index (χ1v) is 4.09. The Kier molecular flexibility index (Phi) is 3.27. The number of rotatable bonds is 2. The minimum Gasteiger partial charge on any atom is -0.390 e. The van der Waals surface area contributed by atoms with Crippen LogP contribution in [0, 0.1) is 5.82 Å². The molecule has 0 aliphatic heterocycles. The Labute approximate surface area is 80.5 Å². The Hall–Kier alpha value is -0.620. The number of aliphatic hydroxyl groups excluding tert-OH is 1. The third kappa shape index (κ3) is 2.00. The third-order valence-electron chi connectivity index (χ3n) is 1.44. The van der Waals surface area contributed by atoms with Crippen molar-refractivity contribution in [3.63, 3.8) is 0 Å². The molecule has 0 fully saturated rings. The van der Waals surface area contributed by atoms with Crippen molar-refractivity contribution in [2.45, 2.75) is 13.0 Å². The lowest BCUT2D eigenvalue weighted by Gasteiger charge is -2.05. The summed E-state index contributed by atoms with van der Waals surface area (Å²) in [6.45, 7) is -0.617. The molecule has 0 bridgehead atoms. The summed E-state index contributed by atoms with van der Waals surface area (Å²) in [6.07, 6.45) is -1.95. The molecule has 0 aliphatic rings. The number of pyridine rings is 1. The smallest absolute Gasteiger partial charge is 0.266 e. The molecular weight excluding hydrogens is 251 g/mol. The number of aliphatic hydroxyl groups is 1. The van der Waals surface area contributed by atoms with E-state index in [2.05, 4.69) is 20.9 Å². The molecule has 0 radical (unpaired) electrons. The van der Waals surface area contributed by atoms with E-state index >= 15 is 0 Å². The fourth-order valence-electron chi connectivity index (χ4n) is 0.777. The summed E-state index contributed by atoms with van der Waals surface area (Å²) in [5.41, 5.74) is -0.772. The van der Waals surface area contributed by atoms with Gasteiger partial charge in [0.1, 0.15) is 5.69 Å². The highest BCUT2D eigenvalue weighted by Crippen LogP contribution is 2.29. The van der Waals surface area contributed by atoms with Crippen molar-refractivity contribution in [3.05, 3.63) is 27.7 Å². The Morgan fingerprint density at radius 1 is 1.54 bits per heavy atom. The molecule has 1 aromatic rings. The Morgan fingerprint density at radius 3 is 2.62 bits per heavy atom. The lowest BCUT2D eigenvalue weighted by molar-refractivity contribution is 0.149. The molecular formula is C7H5BrF3NO. The second-order valence-corrected chi connectivity index (χ2v) is 3.04. The van der Waals surface area contributed by atoms with E-state index < -0.39 is 24.4 Å². The standard InChI is InChI=1S/C7H5BrF3NO/c8-5-3(7(10)11)1-12-4(2-13)6(5)9/h1,7,13H,2H2. The Balaban J connectivity index is 3.23. The Bertz CT molecular complexity index is 319. The van der Waals surface area contributed by atoms with Gasteiger partial charge in [-0.05, 0) is 15.9 Å². The minimum absolute atomic E-state index is 0.253. The summed E-state index contributed by atoms with van der Waals surface area (Å²) in [6, 6.07) is 0. The van der Waals surface area contributed by atoms with Crippen molar-refractivity contribution in [1.82, 2.24) is 4.98 Å². The van der Waals surface area contributed by atoms with Gasteiger partial charge >= 0.3 is 0 Å². The van der Waals surface area contributed by atoms with Crippen molar-refractivity contribution in [3.8, 4) is 0 Å². The van der Waals surface area contributed by atoms with Crippen molar-refractivity contribution in [2.24, 2.45) is 0 Å². The lowest BCUT2D eigenvalue weighted by atomic mass is 10.2. The van der Waals surface area contributed by atoms with Crippen molar-refractivity contribution < 1.29 is 18.3 Å². The van der Waals surface area contributed by atoms with Crippen LogP contribution in [-0.2, 0) is 6.61 Å². The van der Waals surface area contributed by atoms with Gasteiger partial charge in [-0.15, -0.1) is 0 Å². The normalized spacial score (nSPS) is 10.9. The van der Waals surface area contributed by atoms with Crippen LogP contribution >= 0.6 is 15.9 Å². The fourth-order valence-corrected chi connectivity index (χ4v) is 1.28. The number of aromatic nitrogens is 1. The number of nitrogens with zero attached hydrogens (tertiary/aromatic N) is 1. The van der Waals surface area contributed by atoms with Gasteiger partial charge in [0.15, 0.2) is 5.82 Å². The summed E-state index contributed by atoms with van der Waals surface area (Å²) < 4.78 is 37.0.